The normalized spacial score (nSPS) is 24.5. The molecule has 2 saturated heterocycles. The van der Waals surface area contributed by atoms with Crippen molar-refractivity contribution < 1.29 is 53.8 Å². The van der Waals surface area contributed by atoms with Crippen molar-refractivity contribution in [3.05, 3.63) is 72.8 Å². The van der Waals surface area contributed by atoms with Crippen molar-refractivity contribution in [3.63, 3.8) is 0 Å². The van der Waals surface area contributed by atoms with Gasteiger partial charge in [-0.25, -0.2) is 12.1 Å². The van der Waals surface area contributed by atoms with Crippen LogP contribution in [-0.4, -0.2) is 29.9 Å². The average Bonchev–Trinajstić information content (AvgIpc) is 3.73. The van der Waals surface area contributed by atoms with E-state index in [1.807, 2.05) is 0 Å². The largest absolute Gasteiger partial charge is 2.00 e. The van der Waals surface area contributed by atoms with Gasteiger partial charge in [0.1, 0.15) is 0 Å². The van der Waals surface area contributed by atoms with Gasteiger partial charge in [0.15, 0.2) is 0 Å². The van der Waals surface area contributed by atoms with Gasteiger partial charge < -0.3 is 17.3 Å². The van der Waals surface area contributed by atoms with E-state index >= 15 is 0 Å². The van der Waals surface area contributed by atoms with E-state index in [4.69, 9.17) is 0 Å². The van der Waals surface area contributed by atoms with Gasteiger partial charge >= 0.3 is 24.3 Å². The first kappa shape index (κ1) is 47.0. The first-order chi connectivity index (χ1) is 21.2. The number of hydrogen-bond acceptors (Lipinski definition) is 0. The summed E-state index contributed by atoms with van der Waals surface area (Å²) in [7, 11) is -5.82. The maximum absolute atomic E-state index is 9.75. The van der Waals surface area contributed by atoms with Gasteiger partial charge in [-0.2, -0.15) is 47.0 Å². The minimum Gasteiger partial charge on any atom is -0.418 e. The molecule has 0 N–H and O–H groups in total. The van der Waals surface area contributed by atoms with E-state index in [2.05, 4.69) is 128 Å². The molecule has 47 heavy (non-hydrogen) atoms. The molecule has 1 radical (unpaired) electrons. The summed E-state index contributed by atoms with van der Waals surface area (Å²) in [5.74, 6) is 3.41. The van der Waals surface area contributed by atoms with Crippen LogP contribution in [0.15, 0.2) is 72.8 Å². The van der Waals surface area contributed by atoms with Crippen molar-refractivity contribution >= 4 is 33.7 Å². The average molecular weight is 824 g/mol. The zero-order valence-electron chi connectivity index (χ0n) is 29.9. The predicted molar refractivity (Wildman–Crippen MR) is 197 cm³/mol. The van der Waals surface area contributed by atoms with Crippen LogP contribution in [0.1, 0.15) is 107 Å². The monoisotopic (exact) mass is 824 g/mol. The summed E-state index contributed by atoms with van der Waals surface area (Å²) in [6, 6.07) is 18.3. The first-order valence-corrected chi connectivity index (χ1v) is 20.4. The third-order valence-electron chi connectivity index (χ3n) is 9.24. The van der Waals surface area contributed by atoms with Gasteiger partial charge in [0, 0.05) is 19.5 Å². The molecular formula is C38H60BF4FeP2Rh-. The zero-order chi connectivity index (χ0) is 33.6. The van der Waals surface area contributed by atoms with Gasteiger partial charge in [-0.05, 0) is 97.7 Å². The third kappa shape index (κ3) is 17.2. The zero-order valence-corrected chi connectivity index (χ0v) is 34.4. The summed E-state index contributed by atoms with van der Waals surface area (Å²) in [6.45, 7) is 19.3. The van der Waals surface area contributed by atoms with Crippen LogP contribution in [0.3, 0.4) is 0 Å². The molecule has 0 saturated carbocycles. The standard InChI is InChI=1S/2C15H24P.C8H12.BF4.Fe.Rh/c2*1-11(2)14-9-10-15(12(3)4)16(14)13-7-5-6-8-13;1-2-4-6-8-7-5-3-1;2-1(3,4)5;;/h2*5-8,11-12,14-15H,9-10H2,1-4H3;1-2,7-8H,3-6H2;;;/q2*-1;;-1;+2;/b;;2-1-,8-7-;;;/t2*14-,15-;;;;/m00..../s1. The quantitative estimate of drug-likeness (QED) is 0.0895. The Morgan fingerprint density at radius 1 is 0.553 bits per heavy atom. The summed E-state index contributed by atoms with van der Waals surface area (Å²) in [6.07, 6.45) is 19.8. The number of halogens is 4. The molecule has 5 rings (SSSR count). The van der Waals surface area contributed by atoms with Crippen LogP contribution in [0.25, 0.3) is 0 Å². The molecular weight excluding hydrogens is 764 g/mol. The molecule has 9 heteroatoms. The van der Waals surface area contributed by atoms with Crippen molar-refractivity contribution in [1.29, 1.82) is 0 Å². The second kappa shape index (κ2) is 24.2. The van der Waals surface area contributed by atoms with Crippen molar-refractivity contribution in [2.45, 2.75) is 129 Å². The van der Waals surface area contributed by atoms with Crippen LogP contribution in [0.4, 0.5) is 17.3 Å². The van der Waals surface area contributed by atoms with Crippen LogP contribution in [0.2, 0.25) is 0 Å². The molecule has 2 aliphatic heterocycles. The maximum Gasteiger partial charge on any atom is 2.00 e. The van der Waals surface area contributed by atoms with E-state index < -0.39 is 7.25 Å². The van der Waals surface area contributed by atoms with Crippen molar-refractivity contribution in [3.8, 4) is 0 Å². The molecule has 2 aromatic rings. The van der Waals surface area contributed by atoms with Gasteiger partial charge in [0.2, 0.25) is 0 Å². The van der Waals surface area contributed by atoms with Gasteiger partial charge in [0.25, 0.3) is 0 Å². The Hall–Kier alpha value is -0.0322. The topological polar surface area (TPSA) is 0 Å². The smallest absolute Gasteiger partial charge is 0.418 e. The molecule has 2 fully saturated rings. The summed E-state index contributed by atoms with van der Waals surface area (Å²) in [4.78, 5) is 0. The van der Waals surface area contributed by atoms with E-state index in [1.54, 1.807) is 10.6 Å². The molecule has 0 unspecified atom stereocenters. The molecule has 0 aromatic heterocycles. The van der Waals surface area contributed by atoms with E-state index in [0.717, 1.165) is 46.3 Å². The Balaban J connectivity index is 0.000000643. The Kier molecular flexibility index (Phi) is 24.2. The van der Waals surface area contributed by atoms with Gasteiger partial charge in [-0.3, -0.25) is 0 Å². The Bertz CT molecular complexity index is 954. The molecule has 0 nitrogen and oxygen atoms in total. The van der Waals surface area contributed by atoms with Crippen LogP contribution in [0, 0.1) is 23.7 Å². The van der Waals surface area contributed by atoms with E-state index in [-0.39, 0.29) is 52.4 Å². The minimum atomic E-state index is -6.00. The molecule has 2 aromatic carbocycles. The van der Waals surface area contributed by atoms with E-state index in [1.165, 1.54) is 51.4 Å². The molecule has 0 amide bonds. The van der Waals surface area contributed by atoms with Gasteiger partial charge in [-0.1, -0.05) is 79.7 Å². The van der Waals surface area contributed by atoms with E-state index in [9.17, 15) is 17.3 Å². The summed E-state index contributed by atoms with van der Waals surface area (Å²) in [5.41, 5.74) is 3.85. The molecule has 4 atom stereocenters. The van der Waals surface area contributed by atoms with Crippen LogP contribution in [-0.2, 0) is 36.5 Å². The number of rotatable bonds is 6. The first-order valence-electron chi connectivity index (χ1n) is 17.4. The van der Waals surface area contributed by atoms with Crippen LogP contribution < -0.4 is 10.6 Å². The van der Waals surface area contributed by atoms with E-state index in [0.29, 0.717) is 0 Å². The van der Waals surface area contributed by atoms with Crippen molar-refractivity contribution in [1.82, 2.24) is 0 Å². The molecule has 2 heterocycles. The molecule has 3 aliphatic rings. The fourth-order valence-corrected chi connectivity index (χ4v) is 14.9. The molecule has 271 valence electrons. The molecule has 1 aliphatic carbocycles. The van der Waals surface area contributed by atoms with Gasteiger partial charge in [0.05, 0.1) is 0 Å². The molecule has 0 bridgehead atoms. The van der Waals surface area contributed by atoms with Crippen molar-refractivity contribution in [2.24, 2.45) is 23.7 Å². The second-order valence-corrected chi connectivity index (χ2v) is 19.4. The number of allylic oxidation sites excluding steroid dienone is 4. The minimum absolute atomic E-state index is 0. The Morgan fingerprint density at radius 3 is 0.957 bits per heavy atom. The summed E-state index contributed by atoms with van der Waals surface area (Å²) < 4.78 is 39.0. The van der Waals surface area contributed by atoms with Crippen molar-refractivity contribution in [2.75, 3.05) is 0 Å². The van der Waals surface area contributed by atoms with Crippen LogP contribution in [0.5, 0.6) is 0 Å². The second-order valence-electron chi connectivity index (χ2n) is 14.1. The number of hydrogen-bond donors (Lipinski definition) is 0. The van der Waals surface area contributed by atoms with Gasteiger partial charge in [-0.15, -0.1) is 15.8 Å². The van der Waals surface area contributed by atoms with Crippen LogP contribution >= 0.6 is 15.8 Å². The molecule has 0 spiro atoms. The SMILES string of the molecule is C1=C\CC/C=C\CC/1.CC(C)[C@@H]1CC[C@@H](C(C)C)P1c1cc[cH-]c1.CC(C)[C@@H]1CC[C@@H](C(C)C)P1c1cc[cH-]c1.F[B-](F)(F)F.[Fe+2].[Rh]. The Labute approximate surface area is 311 Å². The fourth-order valence-electron chi connectivity index (χ4n) is 7.04. The summed E-state index contributed by atoms with van der Waals surface area (Å²) in [5, 5.41) is 3.31. The Morgan fingerprint density at radius 2 is 0.787 bits per heavy atom. The fraction of sp³-hybridized carbons (Fsp3) is 0.632. The third-order valence-corrected chi connectivity index (χ3v) is 17.3. The summed E-state index contributed by atoms with van der Waals surface area (Å²) >= 11 is 0. The maximum atomic E-state index is 9.75. The predicted octanol–water partition coefficient (Wildman–Crippen LogP) is 12.7.